The lowest BCUT2D eigenvalue weighted by atomic mass is 10.2. The Hall–Kier alpha value is -1.20. The maximum atomic E-state index is 5.86. The molecule has 106 valence electrons. The third kappa shape index (κ3) is 3.88. The fourth-order valence-electron chi connectivity index (χ4n) is 1.77. The van der Waals surface area contributed by atoms with Gasteiger partial charge in [0, 0.05) is 12.5 Å². The van der Waals surface area contributed by atoms with Gasteiger partial charge in [-0.1, -0.05) is 20.8 Å². The number of ether oxygens (including phenoxy) is 2. The van der Waals surface area contributed by atoms with Crippen molar-refractivity contribution in [2.24, 2.45) is 0 Å². The number of aromatic nitrogens is 2. The Balaban J connectivity index is 2.09. The molecule has 0 amide bonds. The first-order chi connectivity index (χ1) is 9.20. The molecule has 0 atom stereocenters. The molecule has 1 saturated heterocycles. The van der Waals surface area contributed by atoms with Crippen LogP contribution in [-0.2, 0) is 11.3 Å². The smallest absolute Gasteiger partial charge is 0.161 e. The van der Waals surface area contributed by atoms with Gasteiger partial charge >= 0.3 is 0 Å². The molecule has 0 aliphatic carbocycles. The molecule has 0 unspecified atom stereocenters. The van der Waals surface area contributed by atoms with Gasteiger partial charge in [0.15, 0.2) is 5.75 Å². The second-order valence-corrected chi connectivity index (χ2v) is 5.15. The molecule has 19 heavy (non-hydrogen) atoms. The van der Waals surface area contributed by atoms with Crippen LogP contribution in [0.4, 0.5) is 0 Å². The first-order valence-corrected chi connectivity index (χ1v) is 7.01. The molecular formula is C14H23N3O2. The Morgan fingerprint density at radius 3 is 2.84 bits per heavy atom. The van der Waals surface area contributed by atoms with Crippen LogP contribution in [0.1, 0.15) is 44.6 Å². The fourth-order valence-corrected chi connectivity index (χ4v) is 1.77. The Labute approximate surface area is 114 Å². The molecule has 1 fully saturated rings. The summed E-state index contributed by atoms with van der Waals surface area (Å²) in [5, 5.41) is 3.37. The number of nitrogens with one attached hydrogen (secondary N) is 1. The van der Waals surface area contributed by atoms with Crippen molar-refractivity contribution in [2.45, 2.75) is 45.8 Å². The molecule has 0 bridgehead atoms. The second-order valence-electron chi connectivity index (χ2n) is 5.15. The fraction of sp³-hybridized carbons (Fsp3) is 0.714. The van der Waals surface area contributed by atoms with E-state index in [0.29, 0.717) is 19.1 Å². The molecule has 1 aliphatic rings. The summed E-state index contributed by atoms with van der Waals surface area (Å²) in [7, 11) is 0. The van der Waals surface area contributed by atoms with E-state index >= 15 is 0 Å². The molecule has 1 N–H and O–H groups in total. The molecule has 0 aromatic carbocycles. The van der Waals surface area contributed by atoms with E-state index in [-0.39, 0.29) is 6.10 Å². The minimum absolute atomic E-state index is 0.151. The average Bonchev–Trinajstić information content (AvgIpc) is 2.35. The van der Waals surface area contributed by atoms with Crippen molar-refractivity contribution in [2.75, 3.05) is 19.8 Å². The van der Waals surface area contributed by atoms with E-state index in [0.717, 1.165) is 36.8 Å². The number of hydrogen-bond donors (Lipinski definition) is 1. The molecule has 2 rings (SSSR count). The lowest BCUT2D eigenvalue weighted by Crippen LogP contribution is -2.39. The lowest BCUT2D eigenvalue weighted by molar-refractivity contribution is -0.0803. The molecule has 1 aromatic heterocycles. The molecule has 2 heterocycles. The molecule has 5 nitrogen and oxygen atoms in total. The van der Waals surface area contributed by atoms with Crippen molar-refractivity contribution >= 4 is 0 Å². The minimum atomic E-state index is 0.151. The van der Waals surface area contributed by atoms with Gasteiger partial charge < -0.3 is 14.8 Å². The summed E-state index contributed by atoms with van der Waals surface area (Å²) in [6.07, 6.45) is 3.05. The van der Waals surface area contributed by atoms with Crippen molar-refractivity contribution < 1.29 is 9.47 Å². The highest BCUT2D eigenvalue weighted by Gasteiger charge is 2.22. The van der Waals surface area contributed by atoms with E-state index in [4.69, 9.17) is 9.47 Å². The summed E-state index contributed by atoms with van der Waals surface area (Å²) in [5.74, 6) is 1.97. The number of nitrogens with zero attached hydrogens (tertiary/aromatic N) is 2. The highest BCUT2D eigenvalue weighted by Crippen LogP contribution is 2.21. The first-order valence-electron chi connectivity index (χ1n) is 7.01. The lowest BCUT2D eigenvalue weighted by Gasteiger charge is -2.27. The summed E-state index contributed by atoms with van der Waals surface area (Å²) < 4.78 is 11.0. The molecule has 5 heteroatoms. The van der Waals surface area contributed by atoms with Crippen LogP contribution >= 0.6 is 0 Å². The third-order valence-electron chi connectivity index (χ3n) is 2.98. The Morgan fingerprint density at radius 1 is 1.47 bits per heavy atom. The van der Waals surface area contributed by atoms with E-state index in [1.165, 1.54) is 0 Å². The molecule has 0 saturated carbocycles. The van der Waals surface area contributed by atoms with Crippen LogP contribution in [0.25, 0.3) is 0 Å². The largest absolute Gasteiger partial charge is 0.482 e. The van der Waals surface area contributed by atoms with Gasteiger partial charge in [-0.25, -0.2) is 9.97 Å². The zero-order chi connectivity index (χ0) is 13.7. The summed E-state index contributed by atoms with van der Waals surface area (Å²) in [6.45, 7) is 9.36. The predicted octanol–water partition coefficient (Wildman–Crippen LogP) is 1.88. The van der Waals surface area contributed by atoms with Gasteiger partial charge in [0.1, 0.15) is 11.9 Å². The van der Waals surface area contributed by atoms with Gasteiger partial charge in [-0.05, 0) is 13.0 Å². The standard InChI is InChI=1S/C14H23N3O2/c1-4-5-15-6-12-13(19-11-8-18-9-11)7-16-14(17-12)10(2)3/h7,10-11,15H,4-6,8-9H2,1-3H3. The summed E-state index contributed by atoms with van der Waals surface area (Å²) in [5.41, 5.74) is 0.944. The van der Waals surface area contributed by atoms with Gasteiger partial charge in [-0.2, -0.15) is 0 Å². The topological polar surface area (TPSA) is 56.3 Å². The second kappa shape index (κ2) is 6.82. The Bertz CT molecular complexity index is 406. The minimum Gasteiger partial charge on any atom is -0.482 e. The van der Waals surface area contributed by atoms with Crippen LogP contribution < -0.4 is 10.1 Å². The molecule has 0 radical (unpaired) electrons. The van der Waals surface area contributed by atoms with Crippen molar-refractivity contribution in [1.29, 1.82) is 0 Å². The third-order valence-corrected chi connectivity index (χ3v) is 2.98. The molecule has 1 aliphatic heterocycles. The van der Waals surface area contributed by atoms with Crippen molar-refractivity contribution in [1.82, 2.24) is 15.3 Å². The summed E-state index contributed by atoms with van der Waals surface area (Å²) in [4.78, 5) is 8.99. The van der Waals surface area contributed by atoms with Gasteiger partial charge in [-0.3, -0.25) is 0 Å². The molecule has 0 spiro atoms. The average molecular weight is 265 g/mol. The maximum absolute atomic E-state index is 5.86. The van der Waals surface area contributed by atoms with Gasteiger partial charge in [0.25, 0.3) is 0 Å². The zero-order valence-electron chi connectivity index (χ0n) is 12.0. The van der Waals surface area contributed by atoms with Gasteiger partial charge in [0.05, 0.1) is 25.1 Å². The van der Waals surface area contributed by atoms with E-state index in [1.54, 1.807) is 6.20 Å². The van der Waals surface area contributed by atoms with Crippen LogP contribution in [0.5, 0.6) is 5.75 Å². The van der Waals surface area contributed by atoms with Gasteiger partial charge in [0.2, 0.25) is 0 Å². The Morgan fingerprint density at radius 2 is 2.26 bits per heavy atom. The SMILES string of the molecule is CCCNCc1nc(C(C)C)ncc1OC1COC1. The van der Waals surface area contributed by atoms with Crippen LogP contribution in [0.2, 0.25) is 0 Å². The quantitative estimate of drug-likeness (QED) is 0.763. The van der Waals surface area contributed by atoms with Crippen molar-refractivity contribution in [3.8, 4) is 5.75 Å². The van der Waals surface area contributed by atoms with Crippen LogP contribution in [0.3, 0.4) is 0 Å². The number of rotatable bonds is 7. The zero-order valence-corrected chi connectivity index (χ0v) is 12.0. The van der Waals surface area contributed by atoms with E-state index < -0.39 is 0 Å². The normalized spacial score (nSPS) is 15.6. The summed E-state index contributed by atoms with van der Waals surface area (Å²) in [6, 6.07) is 0. The van der Waals surface area contributed by atoms with Gasteiger partial charge in [-0.15, -0.1) is 0 Å². The van der Waals surface area contributed by atoms with Crippen molar-refractivity contribution in [3.63, 3.8) is 0 Å². The monoisotopic (exact) mass is 265 g/mol. The number of hydrogen-bond acceptors (Lipinski definition) is 5. The predicted molar refractivity (Wildman–Crippen MR) is 73.4 cm³/mol. The molecular weight excluding hydrogens is 242 g/mol. The first kappa shape index (κ1) is 14.2. The molecule has 1 aromatic rings. The van der Waals surface area contributed by atoms with Crippen molar-refractivity contribution in [3.05, 3.63) is 17.7 Å². The van der Waals surface area contributed by atoms with Crippen LogP contribution in [-0.4, -0.2) is 35.8 Å². The van der Waals surface area contributed by atoms with E-state index in [1.807, 2.05) is 0 Å². The Kier molecular flexibility index (Phi) is 5.10. The highest BCUT2D eigenvalue weighted by molar-refractivity contribution is 5.26. The van der Waals surface area contributed by atoms with E-state index in [2.05, 4.69) is 36.1 Å². The summed E-state index contributed by atoms with van der Waals surface area (Å²) >= 11 is 0. The van der Waals surface area contributed by atoms with Crippen LogP contribution in [0, 0.1) is 0 Å². The van der Waals surface area contributed by atoms with E-state index in [9.17, 15) is 0 Å². The highest BCUT2D eigenvalue weighted by atomic mass is 16.6. The van der Waals surface area contributed by atoms with Crippen LogP contribution in [0.15, 0.2) is 6.20 Å². The maximum Gasteiger partial charge on any atom is 0.161 e.